The molecule has 0 bridgehead atoms. The highest BCUT2D eigenvalue weighted by Gasteiger charge is 2.51. The average molecular weight is 447 g/mol. The van der Waals surface area contributed by atoms with Crippen LogP contribution in [0.1, 0.15) is 76.0 Å². The minimum absolute atomic E-state index is 0.128. The van der Waals surface area contributed by atoms with Gasteiger partial charge in [0, 0.05) is 0 Å². The van der Waals surface area contributed by atoms with E-state index in [-0.39, 0.29) is 5.56 Å². The van der Waals surface area contributed by atoms with Gasteiger partial charge in [-0.1, -0.05) is 76.2 Å². The first-order valence-electron chi connectivity index (χ1n) is 11.0. The number of fused-ring (bicyclic) bond motifs is 1. The summed E-state index contributed by atoms with van der Waals surface area (Å²) in [5, 5.41) is 21.1. The van der Waals surface area contributed by atoms with E-state index in [0.717, 1.165) is 30.7 Å². The number of hydrogen-bond acceptors (Lipinski definition) is 2. The molecule has 3 rings (SSSR count). The molecule has 0 heterocycles. The normalized spacial score (nSPS) is 15.4. The van der Waals surface area contributed by atoms with Crippen LogP contribution in [0.2, 0.25) is 0 Å². The lowest BCUT2D eigenvalue weighted by atomic mass is 9.91. The lowest BCUT2D eigenvalue weighted by Crippen LogP contribution is -2.39. The van der Waals surface area contributed by atoms with Crippen molar-refractivity contribution in [3.05, 3.63) is 77.4 Å². The van der Waals surface area contributed by atoms with Crippen molar-refractivity contribution in [2.45, 2.75) is 71.1 Å². The van der Waals surface area contributed by atoms with Gasteiger partial charge in [0.2, 0.25) is 0 Å². The summed E-state index contributed by atoms with van der Waals surface area (Å²) in [4.78, 5) is 0. The van der Waals surface area contributed by atoms with Crippen molar-refractivity contribution < 1.29 is 23.4 Å². The van der Waals surface area contributed by atoms with Crippen molar-refractivity contribution >= 4 is 10.8 Å². The second-order valence-corrected chi connectivity index (χ2v) is 8.60. The van der Waals surface area contributed by atoms with E-state index in [4.69, 9.17) is 0 Å². The van der Waals surface area contributed by atoms with Gasteiger partial charge in [0.05, 0.1) is 0 Å². The van der Waals surface area contributed by atoms with E-state index in [1.54, 1.807) is 24.3 Å². The molecule has 32 heavy (non-hydrogen) atoms. The van der Waals surface area contributed by atoms with Gasteiger partial charge in [-0.05, 0) is 71.2 Å². The molecule has 0 spiro atoms. The lowest BCUT2D eigenvalue weighted by molar-refractivity contribution is -0.258. The maximum absolute atomic E-state index is 12.6. The molecule has 5 heteroatoms. The van der Waals surface area contributed by atoms with Gasteiger partial charge < -0.3 is 10.2 Å². The maximum Gasteiger partial charge on any atom is 0.421 e. The molecular formula is C27H33F3O2. The number of hydrogen-bond donors (Lipinski definition) is 2. The highest BCUT2D eigenvalue weighted by Crippen LogP contribution is 2.38. The molecule has 0 aliphatic rings. The van der Waals surface area contributed by atoms with Crippen LogP contribution in [-0.2, 0) is 5.60 Å². The standard InChI is InChI=1S/C14H16O.C13H17F3O/c1-3-10(2)11-4-5-13-9-14(15)7-6-12(13)8-11;1-4-9(2)10-5-7-11(8-6-10)12(3,17)13(14,15)16/h4-10,15H,3H2,1-2H3;5-9,17H,4H2,1-3H3. The number of halogens is 3. The fraction of sp³-hybridized carbons (Fsp3) is 0.407. The molecule has 0 aromatic heterocycles. The van der Waals surface area contributed by atoms with Crippen molar-refractivity contribution in [2.24, 2.45) is 0 Å². The molecule has 0 radical (unpaired) electrons. The second kappa shape index (κ2) is 10.4. The molecule has 3 unspecified atom stereocenters. The van der Waals surface area contributed by atoms with Crippen LogP contribution in [-0.4, -0.2) is 16.4 Å². The summed E-state index contributed by atoms with van der Waals surface area (Å²) in [6.45, 7) is 9.24. The third-order valence-corrected chi connectivity index (χ3v) is 6.24. The summed E-state index contributed by atoms with van der Waals surface area (Å²) in [7, 11) is 0. The first kappa shape index (κ1) is 25.7. The number of phenols is 1. The van der Waals surface area contributed by atoms with Gasteiger partial charge in [-0.25, -0.2) is 0 Å². The first-order chi connectivity index (χ1) is 14.9. The number of aromatic hydroxyl groups is 1. The van der Waals surface area contributed by atoms with Gasteiger partial charge in [-0.2, -0.15) is 13.2 Å². The SMILES string of the molecule is CCC(C)c1ccc(C(C)(O)C(F)(F)F)cc1.CCC(C)c1ccc2cc(O)ccc2c1. The van der Waals surface area contributed by atoms with Crippen LogP contribution in [0, 0.1) is 0 Å². The molecule has 0 aliphatic heterocycles. The van der Waals surface area contributed by atoms with Crippen LogP contribution >= 0.6 is 0 Å². The van der Waals surface area contributed by atoms with Crippen LogP contribution in [0.4, 0.5) is 13.2 Å². The Labute approximate surface area is 188 Å². The zero-order valence-corrected chi connectivity index (χ0v) is 19.4. The zero-order valence-electron chi connectivity index (χ0n) is 19.4. The monoisotopic (exact) mass is 446 g/mol. The van der Waals surface area contributed by atoms with E-state index in [0.29, 0.717) is 17.6 Å². The quantitative estimate of drug-likeness (QED) is 0.416. The molecule has 3 aromatic rings. The Bertz CT molecular complexity index is 1010. The lowest BCUT2D eigenvalue weighted by Gasteiger charge is -2.27. The minimum atomic E-state index is -4.66. The molecule has 2 N–H and O–H groups in total. The van der Waals surface area contributed by atoms with E-state index in [9.17, 15) is 23.4 Å². The Balaban J connectivity index is 0.000000228. The van der Waals surface area contributed by atoms with Crippen LogP contribution < -0.4 is 0 Å². The molecule has 174 valence electrons. The second-order valence-electron chi connectivity index (χ2n) is 8.60. The van der Waals surface area contributed by atoms with Gasteiger partial charge in [0.1, 0.15) is 5.75 Å². The van der Waals surface area contributed by atoms with Gasteiger partial charge in [0.25, 0.3) is 0 Å². The Kier molecular flexibility index (Phi) is 8.35. The van der Waals surface area contributed by atoms with Gasteiger partial charge in [-0.15, -0.1) is 0 Å². The van der Waals surface area contributed by atoms with Crippen molar-refractivity contribution in [1.82, 2.24) is 0 Å². The highest BCUT2D eigenvalue weighted by molar-refractivity contribution is 5.84. The Morgan fingerprint density at radius 1 is 0.750 bits per heavy atom. The van der Waals surface area contributed by atoms with Crippen LogP contribution in [0.5, 0.6) is 5.75 Å². The fourth-order valence-electron chi connectivity index (χ4n) is 3.33. The minimum Gasteiger partial charge on any atom is -0.508 e. The molecule has 0 aliphatic carbocycles. The Morgan fingerprint density at radius 3 is 1.75 bits per heavy atom. The number of aliphatic hydroxyl groups is 1. The summed E-state index contributed by atoms with van der Waals surface area (Å²) in [6.07, 6.45) is -2.58. The average Bonchev–Trinajstić information content (AvgIpc) is 2.77. The number of rotatable bonds is 5. The van der Waals surface area contributed by atoms with Gasteiger partial charge >= 0.3 is 6.18 Å². The number of phenolic OH excluding ortho intramolecular Hbond substituents is 1. The first-order valence-corrected chi connectivity index (χ1v) is 11.0. The van der Waals surface area contributed by atoms with E-state index >= 15 is 0 Å². The molecule has 0 saturated heterocycles. The van der Waals surface area contributed by atoms with Crippen LogP contribution in [0.15, 0.2) is 60.7 Å². The van der Waals surface area contributed by atoms with Gasteiger partial charge in [-0.3, -0.25) is 0 Å². The molecular weight excluding hydrogens is 413 g/mol. The zero-order chi connectivity index (χ0) is 24.1. The van der Waals surface area contributed by atoms with Crippen molar-refractivity contribution in [3.63, 3.8) is 0 Å². The summed E-state index contributed by atoms with van der Waals surface area (Å²) in [5.74, 6) is 1.24. The summed E-state index contributed by atoms with van der Waals surface area (Å²) in [5.41, 5.74) is -0.567. The van der Waals surface area contributed by atoms with Gasteiger partial charge in [0.15, 0.2) is 5.60 Å². The molecule has 3 atom stereocenters. The van der Waals surface area contributed by atoms with Crippen molar-refractivity contribution in [2.75, 3.05) is 0 Å². The number of benzene rings is 3. The van der Waals surface area contributed by atoms with Crippen molar-refractivity contribution in [1.29, 1.82) is 0 Å². The predicted molar refractivity (Wildman–Crippen MR) is 125 cm³/mol. The topological polar surface area (TPSA) is 40.5 Å². The summed E-state index contributed by atoms with van der Waals surface area (Å²) in [6, 6.07) is 17.9. The third kappa shape index (κ3) is 6.04. The molecule has 0 amide bonds. The van der Waals surface area contributed by atoms with E-state index in [1.807, 2.05) is 19.9 Å². The Hall–Kier alpha value is -2.53. The van der Waals surface area contributed by atoms with Crippen molar-refractivity contribution in [3.8, 4) is 5.75 Å². The summed E-state index contributed by atoms with van der Waals surface area (Å²) >= 11 is 0. The predicted octanol–water partition coefficient (Wildman–Crippen LogP) is 8.03. The van der Waals surface area contributed by atoms with E-state index < -0.39 is 11.8 Å². The van der Waals surface area contributed by atoms with E-state index in [2.05, 4.69) is 32.0 Å². The highest BCUT2D eigenvalue weighted by atomic mass is 19.4. The van der Waals surface area contributed by atoms with Crippen LogP contribution in [0.3, 0.4) is 0 Å². The summed E-state index contributed by atoms with van der Waals surface area (Å²) < 4.78 is 37.8. The number of alkyl halides is 3. The van der Waals surface area contributed by atoms with E-state index in [1.165, 1.54) is 23.1 Å². The van der Waals surface area contributed by atoms with Crippen LogP contribution in [0.25, 0.3) is 10.8 Å². The molecule has 2 nitrogen and oxygen atoms in total. The smallest absolute Gasteiger partial charge is 0.421 e. The molecule has 0 fully saturated rings. The molecule has 3 aromatic carbocycles. The Morgan fingerprint density at radius 2 is 1.22 bits per heavy atom. The maximum atomic E-state index is 12.6. The largest absolute Gasteiger partial charge is 0.508 e. The third-order valence-electron chi connectivity index (χ3n) is 6.24. The fourth-order valence-corrected chi connectivity index (χ4v) is 3.33. The molecule has 0 saturated carbocycles.